The summed E-state index contributed by atoms with van der Waals surface area (Å²) in [6, 6.07) is 10.5. The zero-order valence-electron chi connectivity index (χ0n) is 18.6. The van der Waals surface area contributed by atoms with Crippen LogP contribution in [0.5, 0.6) is 0 Å². The van der Waals surface area contributed by atoms with E-state index in [0.29, 0.717) is 19.4 Å². The summed E-state index contributed by atoms with van der Waals surface area (Å²) in [5.41, 5.74) is 0.561. The van der Waals surface area contributed by atoms with Crippen molar-refractivity contribution in [2.75, 3.05) is 31.1 Å². The van der Waals surface area contributed by atoms with Gasteiger partial charge in [-0.25, -0.2) is 8.42 Å². The van der Waals surface area contributed by atoms with E-state index in [1.165, 1.54) is 35.2 Å². The Kier molecular flexibility index (Phi) is 6.25. The maximum atomic E-state index is 13.4. The number of esters is 1. The Morgan fingerprint density at radius 3 is 2.58 bits per heavy atom. The highest BCUT2D eigenvalue weighted by Crippen LogP contribution is 2.37. The molecule has 1 saturated heterocycles. The van der Waals surface area contributed by atoms with Crippen LogP contribution < -0.4 is 4.90 Å². The van der Waals surface area contributed by atoms with Gasteiger partial charge in [0.15, 0.2) is 0 Å². The van der Waals surface area contributed by atoms with E-state index in [4.69, 9.17) is 4.74 Å². The lowest BCUT2D eigenvalue weighted by molar-refractivity contribution is -0.149. The van der Waals surface area contributed by atoms with Gasteiger partial charge in [0.25, 0.3) is 11.8 Å². The molecule has 2 aromatic rings. The molecule has 33 heavy (non-hydrogen) atoms. The molecule has 2 aliphatic heterocycles. The van der Waals surface area contributed by atoms with Crippen LogP contribution in [-0.4, -0.2) is 57.3 Å². The van der Waals surface area contributed by atoms with E-state index in [0.717, 1.165) is 0 Å². The van der Waals surface area contributed by atoms with E-state index in [-0.39, 0.29) is 64.1 Å². The van der Waals surface area contributed by atoms with E-state index in [1.807, 2.05) is 0 Å². The van der Waals surface area contributed by atoms with Crippen molar-refractivity contribution in [1.82, 2.24) is 4.90 Å². The number of piperidine rings is 1. The number of anilines is 1. The predicted molar refractivity (Wildman–Crippen MR) is 121 cm³/mol. The molecule has 8 nitrogen and oxygen atoms in total. The quantitative estimate of drug-likeness (QED) is 0.637. The number of carbonyl (C=O) groups excluding carboxylic acids is 3. The van der Waals surface area contributed by atoms with Crippen LogP contribution in [0.1, 0.15) is 47.4 Å². The van der Waals surface area contributed by atoms with Crippen molar-refractivity contribution in [3.63, 3.8) is 0 Å². The summed E-state index contributed by atoms with van der Waals surface area (Å²) in [6.07, 6.45) is 1.32. The largest absolute Gasteiger partial charge is 0.466 e. The molecule has 0 saturated carbocycles. The number of amides is 2. The molecule has 2 amide bonds. The van der Waals surface area contributed by atoms with E-state index in [2.05, 4.69) is 0 Å². The molecular weight excluding hydrogens is 444 g/mol. The first-order chi connectivity index (χ1) is 15.8. The Labute approximate surface area is 193 Å². The van der Waals surface area contributed by atoms with Gasteiger partial charge >= 0.3 is 5.97 Å². The van der Waals surface area contributed by atoms with Crippen LogP contribution in [0.4, 0.5) is 5.69 Å². The van der Waals surface area contributed by atoms with Crippen molar-refractivity contribution in [3.05, 3.63) is 53.6 Å². The molecular formula is C24H26N2O6S. The number of hydrogen-bond donors (Lipinski definition) is 0. The predicted octanol–water partition coefficient (Wildman–Crippen LogP) is 2.91. The summed E-state index contributed by atoms with van der Waals surface area (Å²) in [6.45, 7) is 4.76. The third-order valence-corrected chi connectivity index (χ3v) is 7.94. The summed E-state index contributed by atoms with van der Waals surface area (Å²) >= 11 is 0. The summed E-state index contributed by atoms with van der Waals surface area (Å²) in [4.78, 5) is 41.5. The maximum Gasteiger partial charge on any atom is 0.310 e. The maximum absolute atomic E-state index is 13.4. The minimum atomic E-state index is -3.96. The van der Waals surface area contributed by atoms with Gasteiger partial charge in [-0.3, -0.25) is 14.4 Å². The molecule has 0 aromatic heterocycles. The number of carbonyl (C=O) groups is 3. The average molecular weight is 471 g/mol. The first-order valence-corrected chi connectivity index (χ1v) is 12.5. The molecule has 2 heterocycles. The molecule has 174 valence electrons. The Bertz CT molecular complexity index is 1220. The minimum Gasteiger partial charge on any atom is -0.466 e. The van der Waals surface area contributed by atoms with Gasteiger partial charge in [-0.2, -0.15) is 0 Å². The topological polar surface area (TPSA) is 101 Å². The zero-order chi connectivity index (χ0) is 23.8. The van der Waals surface area contributed by atoms with Gasteiger partial charge < -0.3 is 14.5 Å². The number of benzene rings is 2. The second-order valence-corrected chi connectivity index (χ2v) is 9.96. The molecule has 9 heteroatoms. The molecule has 0 bridgehead atoms. The van der Waals surface area contributed by atoms with Crippen molar-refractivity contribution in [2.24, 2.45) is 5.92 Å². The standard InChI is InChI=1S/C24H26N2O6S/c1-3-26-19-14-16(22(27)25-13-7-8-17(15-25)24(29)32-4-2)11-12-21(19)33(30,31)20-10-6-5-9-18(20)23(26)28/h5-6,9-12,14,17H,3-4,7-8,13,15H2,1-2H3/t17-/m1/s1. The Hall–Kier alpha value is -3.20. The van der Waals surface area contributed by atoms with Gasteiger partial charge in [-0.05, 0) is 57.0 Å². The number of hydrogen-bond acceptors (Lipinski definition) is 6. The summed E-state index contributed by atoms with van der Waals surface area (Å²) in [5.74, 6) is -1.44. The molecule has 1 fully saturated rings. The molecule has 0 radical (unpaired) electrons. The van der Waals surface area contributed by atoms with Crippen LogP contribution in [-0.2, 0) is 19.4 Å². The number of ether oxygens (including phenoxy) is 1. The van der Waals surface area contributed by atoms with Crippen molar-refractivity contribution >= 4 is 33.3 Å². The molecule has 4 rings (SSSR count). The first kappa shape index (κ1) is 23.0. The van der Waals surface area contributed by atoms with Gasteiger partial charge in [-0.1, -0.05) is 12.1 Å². The number of rotatable bonds is 4. The van der Waals surface area contributed by atoms with Crippen LogP contribution in [0.2, 0.25) is 0 Å². The van der Waals surface area contributed by atoms with Crippen molar-refractivity contribution in [1.29, 1.82) is 0 Å². The zero-order valence-corrected chi connectivity index (χ0v) is 19.4. The molecule has 0 aliphatic carbocycles. The van der Waals surface area contributed by atoms with Gasteiger partial charge in [0.2, 0.25) is 9.84 Å². The molecule has 0 spiro atoms. The highest BCUT2D eigenvalue weighted by atomic mass is 32.2. The minimum absolute atomic E-state index is 0.0118. The van der Waals surface area contributed by atoms with Crippen molar-refractivity contribution in [3.8, 4) is 0 Å². The van der Waals surface area contributed by atoms with Crippen LogP contribution in [0, 0.1) is 5.92 Å². The number of sulfone groups is 1. The van der Waals surface area contributed by atoms with Crippen LogP contribution in [0.15, 0.2) is 52.3 Å². The van der Waals surface area contributed by atoms with Crippen LogP contribution in [0.3, 0.4) is 0 Å². The van der Waals surface area contributed by atoms with Gasteiger partial charge in [0.1, 0.15) is 0 Å². The second-order valence-electron chi connectivity index (χ2n) is 8.07. The number of fused-ring (bicyclic) bond motifs is 2. The van der Waals surface area contributed by atoms with Gasteiger partial charge in [0, 0.05) is 25.2 Å². The Morgan fingerprint density at radius 2 is 1.85 bits per heavy atom. The van der Waals surface area contributed by atoms with E-state index in [9.17, 15) is 22.8 Å². The highest BCUT2D eigenvalue weighted by Gasteiger charge is 2.36. The lowest BCUT2D eigenvalue weighted by atomic mass is 9.97. The first-order valence-electron chi connectivity index (χ1n) is 11.1. The van der Waals surface area contributed by atoms with E-state index in [1.54, 1.807) is 30.9 Å². The van der Waals surface area contributed by atoms with Crippen LogP contribution in [0.25, 0.3) is 0 Å². The van der Waals surface area contributed by atoms with Gasteiger partial charge in [0.05, 0.1) is 33.6 Å². The fourth-order valence-corrected chi connectivity index (χ4v) is 6.08. The average Bonchev–Trinajstić information content (AvgIpc) is 2.90. The summed E-state index contributed by atoms with van der Waals surface area (Å²) in [5, 5.41) is 0. The molecule has 0 unspecified atom stereocenters. The molecule has 0 N–H and O–H groups in total. The number of likely N-dealkylation sites (tertiary alicyclic amines) is 1. The summed E-state index contributed by atoms with van der Waals surface area (Å²) in [7, 11) is -3.96. The van der Waals surface area contributed by atoms with E-state index < -0.39 is 15.7 Å². The lowest BCUT2D eigenvalue weighted by Gasteiger charge is -2.32. The molecule has 1 atom stereocenters. The smallest absolute Gasteiger partial charge is 0.310 e. The Morgan fingerprint density at radius 1 is 1.09 bits per heavy atom. The normalized spacial score (nSPS) is 19.3. The fourth-order valence-electron chi connectivity index (χ4n) is 4.45. The van der Waals surface area contributed by atoms with E-state index >= 15 is 0 Å². The monoisotopic (exact) mass is 470 g/mol. The lowest BCUT2D eigenvalue weighted by Crippen LogP contribution is -2.43. The van der Waals surface area contributed by atoms with Crippen molar-refractivity contribution < 1.29 is 27.5 Å². The number of nitrogens with zero attached hydrogens (tertiary/aromatic N) is 2. The third-order valence-electron chi connectivity index (χ3n) is 6.08. The SMILES string of the molecule is CCOC(=O)[C@@H]1CCCN(C(=O)c2ccc3c(c2)N(CC)C(=O)c2ccccc2S3(=O)=O)C1. The van der Waals surface area contributed by atoms with Gasteiger partial charge in [-0.15, -0.1) is 0 Å². The van der Waals surface area contributed by atoms with Crippen molar-refractivity contribution in [2.45, 2.75) is 36.5 Å². The third kappa shape index (κ3) is 4.01. The second kappa shape index (κ2) is 8.97. The highest BCUT2D eigenvalue weighted by molar-refractivity contribution is 7.91. The fraction of sp³-hybridized carbons (Fsp3) is 0.375. The molecule has 2 aliphatic rings. The van der Waals surface area contributed by atoms with Crippen LogP contribution >= 0.6 is 0 Å². The Balaban J connectivity index is 1.72. The summed E-state index contributed by atoms with van der Waals surface area (Å²) < 4.78 is 31.8. The molecule has 2 aromatic carbocycles.